The van der Waals surface area contributed by atoms with Gasteiger partial charge in [0, 0.05) is 37.9 Å². The Hall–Kier alpha value is -3.96. The number of hydrogen-bond acceptors (Lipinski definition) is 6. The quantitative estimate of drug-likeness (QED) is 0.206. The molecule has 0 unspecified atom stereocenters. The molecule has 0 bridgehead atoms. The molecule has 0 atom stereocenters. The highest BCUT2D eigenvalue weighted by molar-refractivity contribution is 7.89. The highest BCUT2D eigenvalue weighted by Crippen LogP contribution is 2.32. The van der Waals surface area contributed by atoms with Gasteiger partial charge in [0.15, 0.2) is 0 Å². The number of ether oxygens (including phenoxy) is 2. The van der Waals surface area contributed by atoms with Crippen LogP contribution in [-0.2, 0) is 29.5 Å². The Kier molecular flexibility index (Phi) is 9.15. The van der Waals surface area contributed by atoms with Crippen molar-refractivity contribution in [2.24, 2.45) is 0 Å². The summed E-state index contributed by atoms with van der Waals surface area (Å²) in [5, 5.41) is 0. The summed E-state index contributed by atoms with van der Waals surface area (Å²) in [7, 11) is -4.42. The Bertz CT molecular complexity index is 1450. The zero-order valence-corrected chi connectivity index (χ0v) is 21.6. The summed E-state index contributed by atoms with van der Waals surface area (Å²) >= 11 is 0. The lowest BCUT2D eigenvalue weighted by molar-refractivity contribution is -0.275. The SMILES string of the molecule is O=S(=O)(c1ccccc1OC(F)(F)F)N(Cc1ccncc1)Cc1cccc(OCCCc2ccncc2)c1. The first-order valence-electron chi connectivity index (χ1n) is 12.1. The molecule has 0 amide bonds. The van der Waals surface area contributed by atoms with E-state index in [1.165, 1.54) is 24.5 Å². The van der Waals surface area contributed by atoms with Crippen LogP contribution in [0.15, 0.2) is 102 Å². The van der Waals surface area contributed by atoms with E-state index in [4.69, 9.17) is 4.74 Å². The topological polar surface area (TPSA) is 81.6 Å². The van der Waals surface area contributed by atoms with Crippen molar-refractivity contribution in [2.45, 2.75) is 37.2 Å². The van der Waals surface area contributed by atoms with E-state index in [1.807, 2.05) is 12.1 Å². The number of aromatic nitrogens is 2. The molecule has 39 heavy (non-hydrogen) atoms. The molecule has 2 aromatic carbocycles. The molecule has 0 radical (unpaired) electrons. The summed E-state index contributed by atoms with van der Waals surface area (Å²) in [6.45, 7) is 0.244. The highest BCUT2D eigenvalue weighted by atomic mass is 32.2. The normalized spacial score (nSPS) is 11.9. The summed E-state index contributed by atoms with van der Waals surface area (Å²) in [4.78, 5) is 7.36. The minimum absolute atomic E-state index is 0.0950. The van der Waals surface area contributed by atoms with Gasteiger partial charge in [-0.15, -0.1) is 13.2 Å². The van der Waals surface area contributed by atoms with Gasteiger partial charge in [-0.2, -0.15) is 4.31 Å². The van der Waals surface area contributed by atoms with Crippen LogP contribution in [0.5, 0.6) is 11.5 Å². The number of nitrogens with zero attached hydrogens (tertiary/aromatic N) is 3. The first-order valence-corrected chi connectivity index (χ1v) is 13.5. The Balaban J connectivity index is 1.54. The third-order valence-electron chi connectivity index (χ3n) is 5.69. The summed E-state index contributed by atoms with van der Waals surface area (Å²) in [6.07, 6.45) is 3.04. The molecule has 2 aromatic heterocycles. The zero-order chi connectivity index (χ0) is 27.7. The minimum atomic E-state index is -5.05. The fraction of sp³-hybridized carbons (Fsp3) is 0.214. The van der Waals surface area contributed by atoms with Crippen LogP contribution in [-0.4, -0.2) is 35.7 Å². The molecule has 4 rings (SSSR count). The molecule has 0 fully saturated rings. The van der Waals surface area contributed by atoms with Crippen molar-refractivity contribution in [3.8, 4) is 11.5 Å². The summed E-state index contributed by atoms with van der Waals surface area (Å²) in [5.74, 6) is -0.236. The average Bonchev–Trinajstić information content (AvgIpc) is 2.91. The second kappa shape index (κ2) is 12.7. The molecule has 0 aliphatic carbocycles. The van der Waals surface area contributed by atoms with E-state index in [1.54, 1.807) is 48.8 Å². The van der Waals surface area contributed by atoms with E-state index in [-0.39, 0.29) is 13.1 Å². The number of aryl methyl sites for hydroxylation is 1. The van der Waals surface area contributed by atoms with E-state index in [0.29, 0.717) is 23.5 Å². The predicted molar refractivity (Wildman–Crippen MR) is 138 cm³/mol. The molecule has 0 aliphatic rings. The van der Waals surface area contributed by atoms with Crippen molar-refractivity contribution >= 4 is 10.0 Å². The van der Waals surface area contributed by atoms with E-state index >= 15 is 0 Å². The number of halogens is 3. The van der Waals surface area contributed by atoms with Gasteiger partial charge in [0.25, 0.3) is 0 Å². The van der Waals surface area contributed by atoms with Crippen molar-refractivity contribution in [1.29, 1.82) is 0 Å². The minimum Gasteiger partial charge on any atom is -0.494 e. The van der Waals surface area contributed by atoms with Gasteiger partial charge in [-0.05, 0) is 78.1 Å². The fourth-order valence-corrected chi connectivity index (χ4v) is 5.41. The van der Waals surface area contributed by atoms with Gasteiger partial charge in [-0.1, -0.05) is 24.3 Å². The van der Waals surface area contributed by atoms with E-state index in [0.717, 1.165) is 34.8 Å². The number of sulfonamides is 1. The molecular weight excluding hydrogens is 531 g/mol. The highest BCUT2D eigenvalue weighted by Gasteiger charge is 2.35. The maximum atomic E-state index is 13.7. The van der Waals surface area contributed by atoms with Gasteiger partial charge in [-0.25, -0.2) is 8.42 Å². The molecular formula is C28H26F3N3O4S. The number of hydrogen-bond donors (Lipinski definition) is 0. The lowest BCUT2D eigenvalue weighted by Gasteiger charge is -2.24. The maximum absolute atomic E-state index is 13.7. The first-order chi connectivity index (χ1) is 18.7. The molecule has 2 heterocycles. The Morgan fingerprint density at radius 3 is 2.10 bits per heavy atom. The first kappa shape index (κ1) is 28.1. The molecule has 4 aromatic rings. The lowest BCUT2D eigenvalue weighted by Crippen LogP contribution is -2.31. The van der Waals surface area contributed by atoms with Crippen molar-refractivity contribution in [1.82, 2.24) is 14.3 Å². The monoisotopic (exact) mass is 557 g/mol. The maximum Gasteiger partial charge on any atom is 0.573 e. The standard InChI is InChI=1S/C28H26F3N3O4S/c29-28(30,31)38-26-8-1-2-9-27(26)39(35,36)34(20-23-12-16-33-17-13-23)21-24-5-3-7-25(19-24)37-18-4-6-22-10-14-32-15-11-22/h1-3,5,7-17,19H,4,6,18,20-21H2. The summed E-state index contributed by atoms with van der Waals surface area (Å²) in [6, 6.07) is 18.8. The molecule has 0 aliphatic heterocycles. The molecule has 7 nitrogen and oxygen atoms in total. The molecule has 0 saturated carbocycles. The van der Waals surface area contributed by atoms with E-state index in [9.17, 15) is 21.6 Å². The van der Waals surface area contributed by atoms with Gasteiger partial charge in [-0.3, -0.25) is 9.97 Å². The van der Waals surface area contributed by atoms with Gasteiger partial charge in [0.1, 0.15) is 16.4 Å². The summed E-state index contributed by atoms with van der Waals surface area (Å²) in [5.41, 5.74) is 2.37. The van der Waals surface area contributed by atoms with Crippen LogP contribution in [0.1, 0.15) is 23.1 Å². The molecule has 204 valence electrons. The number of pyridine rings is 2. The Morgan fingerprint density at radius 2 is 1.41 bits per heavy atom. The number of benzene rings is 2. The van der Waals surface area contributed by atoms with Crippen LogP contribution in [0.2, 0.25) is 0 Å². The summed E-state index contributed by atoms with van der Waals surface area (Å²) < 4.78 is 77.5. The van der Waals surface area contributed by atoms with Crippen LogP contribution in [0.3, 0.4) is 0 Å². The average molecular weight is 558 g/mol. The number of rotatable bonds is 12. The Labute approximate surface area is 224 Å². The van der Waals surface area contributed by atoms with Crippen molar-refractivity contribution in [3.63, 3.8) is 0 Å². The molecule has 0 N–H and O–H groups in total. The largest absolute Gasteiger partial charge is 0.573 e. The van der Waals surface area contributed by atoms with Gasteiger partial charge < -0.3 is 9.47 Å². The van der Waals surface area contributed by atoms with E-state index in [2.05, 4.69) is 14.7 Å². The number of para-hydroxylation sites is 1. The van der Waals surface area contributed by atoms with Gasteiger partial charge >= 0.3 is 6.36 Å². The van der Waals surface area contributed by atoms with Crippen LogP contribution < -0.4 is 9.47 Å². The van der Waals surface area contributed by atoms with Crippen LogP contribution in [0.25, 0.3) is 0 Å². The van der Waals surface area contributed by atoms with Crippen LogP contribution >= 0.6 is 0 Å². The molecule has 0 saturated heterocycles. The van der Waals surface area contributed by atoms with Crippen molar-refractivity contribution in [2.75, 3.05) is 6.61 Å². The van der Waals surface area contributed by atoms with Gasteiger partial charge in [0.2, 0.25) is 10.0 Å². The van der Waals surface area contributed by atoms with E-state index < -0.39 is 27.0 Å². The van der Waals surface area contributed by atoms with Crippen molar-refractivity contribution in [3.05, 3.63) is 114 Å². The Morgan fingerprint density at radius 1 is 0.769 bits per heavy atom. The van der Waals surface area contributed by atoms with Crippen molar-refractivity contribution < 1.29 is 31.1 Å². The third-order valence-corrected chi connectivity index (χ3v) is 7.52. The second-order valence-electron chi connectivity index (χ2n) is 8.58. The van der Waals surface area contributed by atoms with Crippen LogP contribution in [0, 0.1) is 0 Å². The smallest absolute Gasteiger partial charge is 0.494 e. The second-order valence-corrected chi connectivity index (χ2v) is 10.5. The zero-order valence-electron chi connectivity index (χ0n) is 20.8. The predicted octanol–water partition coefficient (Wildman–Crippen LogP) is 5.78. The van der Waals surface area contributed by atoms with Gasteiger partial charge in [0.05, 0.1) is 6.61 Å². The third kappa shape index (κ3) is 8.26. The lowest BCUT2D eigenvalue weighted by atomic mass is 10.1. The van der Waals surface area contributed by atoms with Crippen LogP contribution in [0.4, 0.5) is 13.2 Å². The number of alkyl halides is 3. The molecule has 11 heteroatoms. The fourth-order valence-electron chi connectivity index (χ4n) is 3.88. The molecule has 0 spiro atoms.